The van der Waals surface area contributed by atoms with Gasteiger partial charge >= 0.3 is 0 Å². The number of hydrogen-bond acceptors (Lipinski definition) is 4. The van der Waals surface area contributed by atoms with Crippen molar-refractivity contribution in [1.29, 1.82) is 0 Å². The van der Waals surface area contributed by atoms with E-state index < -0.39 is 0 Å². The van der Waals surface area contributed by atoms with Gasteiger partial charge in [0.1, 0.15) is 11.9 Å². The number of nitrogens with zero attached hydrogens (tertiary/aromatic N) is 4. The normalized spacial score (nSPS) is 27.4. The van der Waals surface area contributed by atoms with E-state index in [1.165, 1.54) is 25.7 Å². The second-order valence-electron chi connectivity index (χ2n) is 6.45. The highest BCUT2D eigenvalue weighted by Gasteiger charge is 2.42. The monoisotopic (exact) mass is 290 g/mol. The van der Waals surface area contributed by atoms with Crippen molar-refractivity contribution in [2.45, 2.75) is 58.0 Å². The number of aliphatic imine (C=N–C) groups is 1. The van der Waals surface area contributed by atoms with Crippen LogP contribution in [0.3, 0.4) is 0 Å². The zero-order chi connectivity index (χ0) is 15.1. The Morgan fingerprint density at radius 2 is 1.90 bits per heavy atom. The summed E-state index contributed by atoms with van der Waals surface area (Å²) in [6, 6.07) is 0.439. The molecule has 2 aliphatic heterocycles. The van der Waals surface area contributed by atoms with Gasteiger partial charge in [-0.15, -0.1) is 0 Å². The Balaban J connectivity index is 2.06. The summed E-state index contributed by atoms with van der Waals surface area (Å²) in [5, 5.41) is 0. The zero-order valence-electron chi connectivity index (χ0n) is 13.6. The highest BCUT2D eigenvalue weighted by molar-refractivity contribution is 5.87. The van der Waals surface area contributed by atoms with E-state index >= 15 is 0 Å². The molecular weight excluding hydrogens is 264 g/mol. The van der Waals surface area contributed by atoms with Crippen molar-refractivity contribution in [3.8, 4) is 0 Å². The van der Waals surface area contributed by atoms with Gasteiger partial charge in [-0.25, -0.2) is 4.99 Å². The van der Waals surface area contributed by atoms with Crippen LogP contribution in [0.2, 0.25) is 0 Å². The quantitative estimate of drug-likeness (QED) is 0.781. The lowest BCUT2D eigenvalue weighted by Gasteiger charge is -2.47. The van der Waals surface area contributed by atoms with E-state index in [0.29, 0.717) is 6.04 Å². The summed E-state index contributed by atoms with van der Waals surface area (Å²) in [7, 11) is 3.93. The summed E-state index contributed by atoms with van der Waals surface area (Å²) in [6.45, 7) is 4.93. The van der Waals surface area contributed by atoms with Crippen LogP contribution in [0.15, 0.2) is 16.5 Å². The van der Waals surface area contributed by atoms with E-state index in [9.17, 15) is 4.79 Å². The molecule has 3 rings (SSSR count). The smallest absolute Gasteiger partial charge is 0.249 e. The van der Waals surface area contributed by atoms with E-state index in [0.717, 1.165) is 30.3 Å². The molecule has 0 aromatic rings. The minimum Gasteiger partial charge on any atom is -0.357 e. The average molecular weight is 290 g/mol. The van der Waals surface area contributed by atoms with Gasteiger partial charge in [0, 0.05) is 20.1 Å². The van der Waals surface area contributed by atoms with Gasteiger partial charge in [-0.2, -0.15) is 0 Å². The fourth-order valence-corrected chi connectivity index (χ4v) is 3.78. The number of likely N-dealkylation sites (N-methyl/N-ethyl adjacent to an activating group) is 2. The molecule has 0 aromatic carbocycles. The third-order valence-corrected chi connectivity index (χ3v) is 5.17. The first-order valence-electron chi connectivity index (χ1n) is 8.10. The van der Waals surface area contributed by atoms with Crippen LogP contribution in [-0.2, 0) is 4.79 Å². The molecule has 1 saturated carbocycles. The van der Waals surface area contributed by atoms with Crippen molar-refractivity contribution < 1.29 is 4.79 Å². The average Bonchev–Trinajstić information content (AvgIpc) is 2.98. The minimum absolute atomic E-state index is 0.0446. The lowest BCUT2D eigenvalue weighted by atomic mass is 10.0. The van der Waals surface area contributed by atoms with E-state index in [1.807, 2.05) is 25.9 Å². The van der Waals surface area contributed by atoms with Gasteiger partial charge in [-0.1, -0.05) is 19.8 Å². The summed E-state index contributed by atoms with van der Waals surface area (Å²) >= 11 is 0. The first-order valence-corrected chi connectivity index (χ1v) is 8.10. The predicted molar refractivity (Wildman–Crippen MR) is 83.7 cm³/mol. The Morgan fingerprint density at radius 1 is 1.24 bits per heavy atom. The third kappa shape index (κ3) is 2.23. The Kier molecular flexibility index (Phi) is 3.68. The molecule has 1 atom stereocenters. The van der Waals surface area contributed by atoms with Crippen molar-refractivity contribution in [2.75, 3.05) is 20.6 Å². The summed E-state index contributed by atoms with van der Waals surface area (Å²) in [4.78, 5) is 23.9. The second-order valence-corrected chi connectivity index (χ2v) is 6.45. The van der Waals surface area contributed by atoms with Crippen LogP contribution >= 0.6 is 0 Å². The third-order valence-electron chi connectivity index (χ3n) is 5.17. The maximum Gasteiger partial charge on any atom is 0.249 e. The first kappa shape index (κ1) is 14.4. The Hall–Kier alpha value is -1.52. The van der Waals surface area contributed by atoms with E-state index in [2.05, 4.69) is 16.7 Å². The van der Waals surface area contributed by atoms with Gasteiger partial charge in [0.2, 0.25) is 5.91 Å². The standard InChI is InChI=1S/C16H26N4O/c1-5-13-16(21)19(4)14-10-18(3)11(2)17-15(14)20(13)12-8-6-7-9-12/h12-13H,5-10H2,1-4H3. The van der Waals surface area contributed by atoms with E-state index in [4.69, 9.17) is 4.99 Å². The number of carbonyl (C=O) groups excluding carboxylic acids is 1. The molecule has 0 bridgehead atoms. The number of carbonyl (C=O) groups is 1. The van der Waals surface area contributed by atoms with Gasteiger partial charge < -0.3 is 14.7 Å². The molecule has 2 heterocycles. The van der Waals surface area contributed by atoms with Crippen molar-refractivity contribution in [2.24, 2.45) is 4.99 Å². The topological polar surface area (TPSA) is 39.2 Å². The molecule has 0 aromatic heterocycles. The van der Waals surface area contributed by atoms with Crippen molar-refractivity contribution >= 4 is 11.7 Å². The SMILES string of the molecule is CCC1C(=O)N(C)C2=C(N=C(C)N(C)C2)N1C1CCCC1. The molecule has 1 amide bonds. The predicted octanol–water partition coefficient (Wildman–Crippen LogP) is 2.01. The molecule has 0 spiro atoms. The number of amides is 1. The van der Waals surface area contributed by atoms with Gasteiger partial charge in [-0.05, 0) is 26.2 Å². The second kappa shape index (κ2) is 5.35. The molecule has 0 radical (unpaired) electrons. The molecule has 21 heavy (non-hydrogen) atoms. The molecule has 116 valence electrons. The van der Waals surface area contributed by atoms with Crippen LogP contribution in [-0.4, -0.2) is 59.2 Å². The van der Waals surface area contributed by atoms with Crippen LogP contribution in [0.5, 0.6) is 0 Å². The summed E-state index contributed by atoms with van der Waals surface area (Å²) in [5.41, 5.74) is 1.06. The van der Waals surface area contributed by atoms with Crippen LogP contribution < -0.4 is 0 Å². The molecule has 0 saturated heterocycles. The highest BCUT2D eigenvalue weighted by Crippen LogP contribution is 2.36. The maximum atomic E-state index is 12.7. The van der Waals surface area contributed by atoms with Crippen LogP contribution in [0.25, 0.3) is 0 Å². The van der Waals surface area contributed by atoms with Crippen molar-refractivity contribution in [3.05, 3.63) is 11.5 Å². The van der Waals surface area contributed by atoms with E-state index in [-0.39, 0.29) is 11.9 Å². The van der Waals surface area contributed by atoms with Crippen LogP contribution in [0, 0.1) is 0 Å². The van der Waals surface area contributed by atoms with Crippen LogP contribution in [0.1, 0.15) is 46.0 Å². The number of rotatable bonds is 2. The molecule has 0 N–H and O–H groups in total. The zero-order valence-corrected chi connectivity index (χ0v) is 13.6. The first-order chi connectivity index (χ1) is 10.0. The highest BCUT2D eigenvalue weighted by atomic mass is 16.2. The number of hydrogen-bond donors (Lipinski definition) is 0. The fraction of sp³-hybridized carbons (Fsp3) is 0.750. The number of amidine groups is 1. The molecule has 1 fully saturated rings. The van der Waals surface area contributed by atoms with Crippen molar-refractivity contribution in [3.63, 3.8) is 0 Å². The summed E-state index contributed by atoms with van der Waals surface area (Å²) < 4.78 is 0. The van der Waals surface area contributed by atoms with Gasteiger partial charge in [-0.3, -0.25) is 4.79 Å². The summed E-state index contributed by atoms with van der Waals surface area (Å²) in [5.74, 6) is 2.31. The van der Waals surface area contributed by atoms with Gasteiger partial charge in [0.05, 0.1) is 12.2 Å². The Labute approximate surface area is 127 Å². The fourth-order valence-electron chi connectivity index (χ4n) is 3.78. The molecule has 3 aliphatic rings. The molecular formula is C16H26N4O. The molecule has 5 heteroatoms. The largest absolute Gasteiger partial charge is 0.357 e. The maximum absolute atomic E-state index is 12.7. The molecule has 1 aliphatic carbocycles. The minimum atomic E-state index is -0.0446. The Morgan fingerprint density at radius 3 is 2.52 bits per heavy atom. The lowest BCUT2D eigenvalue weighted by molar-refractivity contribution is -0.136. The van der Waals surface area contributed by atoms with Gasteiger partial charge in [0.25, 0.3) is 0 Å². The summed E-state index contributed by atoms with van der Waals surface area (Å²) in [6.07, 6.45) is 5.77. The lowest BCUT2D eigenvalue weighted by Crippen LogP contribution is -2.57. The molecule has 5 nitrogen and oxygen atoms in total. The molecule has 1 unspecified atom stereocenters. The van der Waals surface area contributed by atoms with E-state index in [1.54, 1.807) is 0 Å². The van der Waals surface area contributed by atoms with Crippen LogP contribution in [0.4, 0.5) is 0 Å². The van der Waals surface area contributed by atoms with Gasteiger partial charge in [0.15, 0.2) is 5.82 Å². The van der Waals surface area contributed by atoms with Crippen molar-refractivity contribution in [1.82, 2.24) is 14.7 Å². The Bertz CT molecular complexity index is 504.